The summed E-state index contributed by atoms with van der Waals surface area (Å²) in [5, 5.41) is 0.235. The van der Waals surface area contributed by atoms with E-state index in [1.54, 1.807) is 0 Å². The summed E-state index contributed by atoms with van der Waals surface area (Å²) in [6.07, 6.45) is 2.57. The molecule has 0 saturated heterocycles. The highest BCUT2D eigenvalue weighted by molar-refractivity contribution is 6.77. The molecular formula is C25H52O2Si2. The molecule has 1 saturated carbocycles. The van der Waals surface area contributed by atoms with Crippen molar-refractivity contribution in [1.29, 1.82) is 0 Å². The summed E-state index contributed by atoms with van der Waals surface area (Å²) >= 11 is 0. The van der Waals surface area contributed by atoms with E-state index in [1.807, 2.05) is 0 Å². The first kappa shape index (κ1) is 27.1. The third kappa shape index (κ3) is 5.48. The number of hydrogen-bond acceptors (Lipinski definition) is 2. The molecule has 0 bridgehead atoms. The fourth-order valence-corrected chi connectivity index (χ4v) is 12.2. The van der Waals surface area contributed by atoms with E-state index in [1.165, 1.54) is 18.4 Å². The van der Waals surface area contributed by atoms with Gasteiger partial charge in [0, 0.05) is 17.9 Å². The molecule has 0 aromatic carbocycles. The molecule has 0 N–H and O–H groups in total. The van der Waals surface area contributed by atoms with E-state index >= 15 is 0 Å². The number of hydrogen-bond donors (Lipinski definition) is 0. The Bertz CT molecular complexity index is 538. The van der Waals surface area contributed by atoms with E-state index in [0.717, 1.165) is 6.61 Å². The second-order valence-corrected chi connectivity index (χ2v) is 22.8. The Morgan fingerprint density at radius 1 is 1.03 bits per heavy atom. The molecule has 2 nitrogen and oxygen atoms in total. The van der Waals surface area contributed by atoms with Gasteiger partial charge in [-0.05, 0) is 54.5 Å². The summed E-state index contributed by atoms with van der Waals surface area (Å²) < 4.78 is 14.2. The van der Waals surface area contributed by atoms with Crippen LogP contribution in [0.2, 0.25) is 34.8 Å². The molecule has 0 heterocycles. The summed E-state index contributed by atoms with van der Waals surface area (Å²) in [4.78, 5) is 0. The highest BCUT2D eigenvalue weighted by atomic mass is 28.4. The highest BCUT2D eigenvalue weighted by Crippen LogP contribution is 2.53. The van der Waals surface area contributed by atoms with Crippen molar-refractivity contribution in [2.24, 2.45) is 11.3 Å². The molecule has 29 heavy (non-hydrogen) atoms. The molecule has 1 aliphatic rings. The Labute approximate surface area is 185 Å². The zero-order valence-corrected chi connectivity index (χ0v) is 24.0. The van der Waals surface area contributed by atoms with Gasteiger partial charge in [0.1, 0.15) is 0 Å². The summed E-state index contributed by atoms with van der Waals surface area (Å²) in [7, 11) is -3.75. The molecule has 3 atom stereocenters. The average molecular weight is 441 g/mol. The second-order valence-electron chi connectivity index (χ2n) is 12.6. The summed E-state index contributed by atoms with van der Waals surface area (Å²) in [5.41, 5.74) is 3.14. The van der Waals surface area contributed by atoms with Crippen LogP contribution in [0.15, 0.2) is 12.2 Å². The summed E-state index contributed by atoms with van der Waals surface area (Å²) in [6.45, 7) is 35.9. The predicted molar refractivity (Wildman–Crippen MR) is 135 cm³/mol. The quantitative estimate of drug-likeness (QED) is 0.264. The molecule has 0 aromatic heterocycles. The Kier molecular flexibility index (Phi) is 8.70. The molecule has 172 valence electrons. The highest BCUT2D eigenvalue weighted by Gasteiger charge is 2.54. The summed E-state index contributed by atoms with van der Waals surface area (Å²) in [6, 6.07) is 0. The van der Waals surface area contributed by atoms with Gasteiger partial charge < -0.3 is 8.85 Å². The molecule has 0 aliphatic heterocycles. The zero-order chi connectivity index (χ0) is 23.0. The second kappa shape index (κ2) is 9.30. The maximum Gasteiger partial charge on any atom is 0.200 e. The standard InChI is InChI=1S/C25H52O2Si2/c1-18(2)22-15-16-25(12,17-26-28(13,14)24(9,10)11)23(22)27-29(19(3)4,20(5)6)21(7)8/h19-23H,1,15-17H2,2-14H3/t22-,23-,25+/m0/s1. The minimum absolute atomic E-state index is 0.0655. The minimum atomic E-state index is -1.97. The normalized spacial score (nSPS) is 26.8. The molecule has 4 heteroatoms. The third-order valence-corrected chi connectivity index (χ3v) is 18.9. The van der Waals surface area contributed by atoms with Crippen molar-refractivity contribution < 1.29 is 8.85 Å². The van der Waals surface area contributed by atoms with Gasteiger partial charge in [-0.25, -0.2) is 0 Å². The van der Waals surface area contributed by atoms with E-state index in [0.29, 0.717) is 22.5 Å². The SMILES string of the molecule is C=C(C)[C@@H]1CC[C@](C)(CO[Si](C)(C)C(C)(C)C)[C@H]1O[Si](C(C)C)(C(C)C)C(C)C. The van der Waals surface area contributed by atoms with Crippen LogP contribution in [0.5, 0.6) is 0 Å². The molecule has 0 unspecified atom stereocenters. The van der Waals surface area contributed by atoms with Crippen LogP contribution in [0.25, 0.3) is 0 Å². The van der Waals surface area contributed by atoms with Crippen LogP contribution in [0, 0.1) is 11.3 Å². The first-order chi connectivity index (χ1) is 12.9. The molecule has 0 aromatic rings. The van der Waals surface area contributed by atoms with Gasteiger partial charge in [0.15, 0.2) is 8.32 Å². The monoisotopic (exact) mass is 440 g/mol. The van der Waals surface area contributed by atoms with Crippen LogP contribution in [0.3, 0.4) is 0 Å². The fraction of sp³-hybridized carbons (Fsp3) is 0.920. The Morgan fingerprint density at radius 2 is 1.48 bits per heavy atom. The van der Waals surface area contributed by atoms with Crippen LogP contribution < -0.4 is 0 Å². The maximum atomic E-state index is 7.44. The third-order valence-electron chi connectivity index (χ3n) is 8.32. The molecule has 1 rings (SSSR count). The van der Waals surface area contributed by atoms with Gasteiger partial charge in [-0.2, -0.15) is 0 Å². The molecule has 0 radical (unpaired) electrons. The van der Waals surface area contributed by atoms with E-state index in [-0.39, 0.29) is 16.6 Å². The van der Waals surface area contributed by atoms with Crippen molar-refractivity contribution in [2.75, 3.05) is 6.61 Å². The molecule has 0 amide bonds. The van der Waals surface area contributed by atoms with Gasteiger partial charge in [-0.3, -0.25) is 0 Å². The van der Waals surface area contributed by atoms with Crippen molar-refractivity contribution in [2.45, 2.75) is 130 Å². The fourth-order valence-electron chi connectivity index (χ4n) is 5.34. The van der Waals surface area contributed by atoms with Crippen molar-refractivity contribution in [3.05, 3.63) is 12.2 Å². The van der Waals surface area contributed by atoms with Crippen molar-refractivity contribution in [3.63, 3.8) is 0 Å². The van der Waals surface area contributed by atoms with E-state index in [9.17, 15) is 0 Å². The van der Waals surface area contributed by atoms with Crippen LogP contribution in [0.4, 0.5) is 0 Å². The minimum Gasteiger partial charge on any atom is -0.416 e. The van der Waals surface area contributed by atoms with Gasteiger partial charge in [0.05, 0.1) is 6.10 Å². The van der Waals surface area contributed by atoms with E-state index < -0.39 is 16.6 Å². The van der Waals surface area contributed by atoms with Gasteiger partial charge >= 0.3 is 0 Å². The smallest absolute Gasteiger partial charge is 0.200 e. The van der Waals surface area contributed by atoms with Gasteiger partial charge in [-0.1, -0.05) is 81.4 Å². The zero-order valence-electron chi connectivity index (χ0n) is 22.0. The lowest BCUT2D eigenvalue weighted by Crippen LogP contribution is -2.55. The van der Waals surface area contributed by atoms with Gasteiger partial charge in [0.25, 0.3) is 0 Å². The molecule has 1 aliphatic carbocycles. The van der Waals surface area contributed by atoms with Crippen molar-refractivity contribution in [3.8, 4) is 0 Å². The molecule has 0 spiro atoms. The Hall–Kier alpha value is 0.0938. The molecular weight excluding hydrogens is 388 g/mol. The van der Waals surface area contributed by atoms with Gasteiger partial charge in [0.2, 0.25) is 8.32 Å². The van der Waals surface area contributed by atoms with Crippen LogP contribution in [-0.2, 0) is 8.85 Å². The Morgan fingerprint density at radius 3 is 1.83 bits per heavy atom. The van der Waals surface area contributed by atoms with Crippen molar-refractivity contribution in [1.82, 2.24) is 0 Å². The lowest BCUT2D eigenvalue weighted by Gasteiger charge is -2.49. The van der Waals surface area contributed by atoms with E-state index in [4.69, 9.17) is 8.85 Å². The average Bonchev–Trinajstić information content (AvgIpc) is 2.85. The van der Waals surface area contributed by atoms with Crippen LogP contribution in [0.1, 0.15) is 89.0 Å². The van der Waals surface area contributed by atoms with Crippen LogP contribution >= 0.6 is 0 Å². The number of rotatable bonds is 9. The van der Waals surface area contributed by atoms with Crippen LogP contribution in [-0.4, -0.2) is 29.3 Å². The lowest BCUT2D eigenvalue weighted by atomic mass is 9.84. The summed E-state index contributed by atoms with van der Waals surface area (Å²) in [5.74, 6) is 0.450. The first-order valence-electron chi connectivity index (χ1n) is 11.9. The maximum absolute atomic E-state index is 7.44. The Balaban J connectivity index is 3.30. The van der Waals surface area contributed by atoms with E-state index in [2.05, 4.69) is 95.8 Å². The predicted octanol–water partition coefficient (Wildman–Crippen LogP) is 8.56. The lowest BCUT2D eigenvalue weighted by molar-refractivity contribution is 0.0144. The van der Waals surface area contributed by atoms with Crippen molar-refractivity contribution >= 4 is 16.6 Å². The largest absolute Gasteiger partial charge is 0.416 e. The first-order valence-corrected chi connectivity index (χ1v) is 16.9. The molecule has 1 fully saturated rings. The van der Waals surface area contributed by atoms with Gasteiger partial charge in [-0.15, -0.1) is 0 Å². The topological polar surface area (TPSA) is 18.5 Å².